The number of hydrogen-bond donors (Lipinski definition) is 1. The van der Waals surface area contributed by atoms with E-state index in [1.54, 1.807) is 7.11 Å². The van der Waals surface area contributed by atoms with E-state index in [1.165, 1.54) is 11.1 Å². The lowest BCUT2D eigenvalue weighted by Gasteiger charge is -2.10. The standard InChI is InChI=1S/C17H21NO2/c1-13-10-17(7-6-15(13)8-9-18)20-16-5-3-4-14(11-16)12-19-2/h3-7,10-11H,8-9,12,18H2,1-2H3. The third-order valence-electron chi connectivity index (χ3n) is 3.17. The fourth-order valence-corrected chi connectivity index (χ4v) is 2.17. The lowest BCUT2D eigenvalue weighted by atomic mass is 10.1. The second-order valence-electron chi connectivity index (χ2n) is 4.81. The second-order valence-corrected chi connectivity index (χ2v) is 4.81. The van der Waals surface area contributed by atoms with Crippen molar-refractivity contribution in [2.24, 2.45) is 5.73 Å². The number of benzene rings is 2. The van der Waals surface area contributed by atoms with Crippen LogP contribution in [-0.2, 0) is 17.8 Å². The monoisotopic (exact) mass is 271 g/mol. The summed E-state index contributed by atoms with van der Waals surface area (Å²) >= 11 is 0. The Bertz CT molecular complexity index is 567. The lowest BCUT2D eigenvalue weighted by molar-refractivity contribution is 0.184. The van der Waals surface area contributed by atoms with E-state index in [0.717, 1.165) is 23.5 Å². The van der Waals surface area contributed by atoms with Gasteiger partial charge in [-0.05, 0) is 60.8 Å². The lowest BCUT2D eigenvalue weighted by Crippen LogP contribution is -2.04. The molecule has 0 amide bonds. The Hall–Kier alpha value is -1.84. The Balaban J connectivity index is 2.13. The Kier molecular flexibility index (Phi) is 5.16. The number of methoxy groups -OCH3 is 1. The van der Waals surface area contributed by atoms with Crippen molar-refractivity contribution in [3.8, 4) is 11.5 Å². The fraction of sp³-hybridized carbons (Fsp3) is 0.294. The van der Waals surface area contributed by atoms with Gasteiger partial charge < -0.3 is 15.2 Å². The van der Waals surface area contributed by atoms with Gasteiger partial charge in [0.15, 0.2) is 0 Å². The zero-order valence-electron chi connectivity index (χ0n) is 12.1. The van der Waals surface area contributed by atoms with Gasteiger partial charge in [0.2, 0.25) is 0 Å². The first-order valence-corrected chi connectivity index (χ1v) is 6.78. The Morgan fingerprint density at radius 3 is 2.55 bits per heavy atom. The second kappa shape index (κ2) is 7.08. The van der Waals surface area contributed by atoms with Crippen molar-refractivity contribution in [1.82, 2.24) is 0 Å². The molecule has 2 rings (SSSR count). The maximum atomic E-state index is 5.89. The van der Waals surface area contributed by atoms with Crippen LogP contribution in [-0.4, -0.2) is 13.7 Å². The van der Waals surface area contributed by atoms with E-state index in [4.69, 9.17) is 15.2 Å². The molecule has 2 N–H and O–H groups in total. The molecule has 3 heteroatoms. The molecule has 2 aromatic rings. The van der Waals surface area contributed by atoms with Gasteiger partial charge in [-0.1, -0.05) is 18.2 Å². The normalized spacial score (nSPS) is 10.6. The molecule has 0 spiro atoms. The summed E-state index contributed by atoms with van der Waals surface area (Å²) in [5.41, 5.74) is 9.17. The van der Waals surface area contributed by atoms with E-state index in [9.17, 15) is 0 Å². The maximum absolute atomic E-state index is 5.89. The van der Waals surface area contributed by atoms with Crippen molar-refractivity contribution < 1.29 is 9.47 Å². The molecule has 0 radical (unpaired) electrons. The summed E-state index contributed by atoms with van der Waals surface area (Å²) in [5.74, 6) is 1.67. The van der Waals surface area contributed by atoms with Crippen LogP contribution in [0.25, 0.3) is 0 Å². The summed E-state index contributed by atoms with van der Waals surface area (Å²) < 4.78 is 11.0. The summed E-state index contributed by atoms with van der Waals surface area (Å²) in [6, 6.07) is 14.0. The van der Waals surface area contributed by atoms with Crippen molar-refractivity contribution in [3.05, 3.63) is 59.2 Å². The molecule has 0 heterocycles. The molecule has 106 valence electrons. The third kappa shape index (κ3) is 3.83. The highest BCUT2D eigenvalue weighted by molar-refractivity contribution is 5.39. The van der Waals surface area contributed by atoms with Gasteiger partial charge in [0.05, 0.1) is 6.61 Å². The molecule has 0 fully saturated rings. The molecule has 0 unspecified atom stereocenters. The topological polar surface area (TPSA) is 44.5 Å². The molecular formula is C17H21NO2. The molecule has 20 heavy (non-hydrogen) atoms. The Morgan fingerprint density at radius 2 is 1.85 bits per heavy atom. The van der Waals surface area contributed by atoms with E-state index in [0.29, 0.717) is 13.2 Å². The van der Waals surface area contributed by atoms with Crippen molar-refractivity contribution in [2.75, 3.05) is 13.7 Å². The van der Waals surface area contributed by atoms with E-state index in [-0.39, 0.29) is 0 Å². The van der Waals surface area contributed by atoms with E-state index >= 15 is 0 Å². The molecule has 2 aromatic carbocycles. The van der Waals surface area contributed by atoms with Gasteiger partial charge in [-0.3, -0.25) is 0 Å². The van der Waals surface area contributed by atoms with Crippen molar-refractivity contribution in [3.63, 3.8) is 0 Å². The van der Waals surface area contributed by atoms with Crippen molar-refractivity contribution in [1.29, 1.82) is 0 Å². The molecule has 3 nitrogen and oxygen atoms in total. The predicted molar refractivity (Wildman–Crippen MR) is 81.2 cm³/mol. The van der Waals surface area contributed by atoms with E-state index in [1.807, 2.05) is 36.4 Å². The minimum absolute atomic E-state index is 0.589. The molecule has 0 aromatic heterocycles. The first-order chi connectivity index (χ1) is 9.72. The minimum Gasteiger partial charge on any atom is -0.457 e. The summed E-state index contributed by atoms with van der Waals surface area (Å²) in [4.78, 5) is 0. The zero-order chi connectivity index (χ0) is 14.4. The quantitative estimate of drug-likeness (QED) is 0.875. The van der Waals surface area contributed by atoms with Crippen molar-refractivity contribution >= 4 is 0 Å². The average Bonchev–Trinajstić information content (AvgIpc) is 2.43. The van der Waals surface area contributed by atoms with Gasteiger partial charge in [0, 0.05) is 7.11 Å². The van der Waals surface area contributed by atoms with Crippen LogP contribution in [0.2, 0.25) is 0 Å². The SMILES string of the molecule is COCc1cccc(Oc2ccc(CCN)c(C)c2)c1. The number of hydrogen-bond acceptors (Lipinski definition) is 3. The molecule has 0 aliphatic heterocycles. The van der Waals surface area contributed by atoms with Gasteiger partial charge in [-0.25, -0.2) is 0 Å². The smallest absolute Gasteiger partial charge is 0.127 e. The number of rotatable bonds is 6. The summed E-state index contributed by atoms with van der Waals surface area (Å²) in [5, 5.41) is 0. The molecular weight excluding hydrogens is 250 g/mol. The average molecular weight is 271 g/mol. The zero-order valence-corrected chi connectivity index (χ0v) is 12.1. The highest BCUT2D eigenvalue weighted by Crippen LogP contribution is 2.25. The van der Waals surface area contributed by atoms with Crippen LogP contribution in [0.4, 0.5) is 0 Å². The minimum atomic E-state index is 0.589. The van der Waals surface area contributed by atoms with Crippen molar-refractivity contribution in [2.45, 2.75) is 20.0 Å². The Morgan fingerprint density at radius 1 is 1.05 bits per heavy atom. The number of aryl methyl sites for hydroxylation is 1. The van der Waals surface area contributed by atoms with Crippen LogP contribution < -0.4 is 10.5 Å². The van der Waals surface area contributed by atoms with Crippen LogP contribution >= 0.6 is 0 Å². The Labute approximate surface area is 120 Å². The number of ether oxygens (including phenoxy) is 2. The highest BCUT2D eigenvalue weighted by Gasteiger charge is 2.03. The van der Waals surface area contributed by atoms with Crippen LogP contribution in [0.1, 0.15) is 16.7 Å². The molecule has 0 aliphatic rings. The van der Waals surface area contributed by atoms with Crippen LogP contribution in [0.3, 0.4) is 0 Å². The predicted octanol–water partition coefficient (Wildman–Crippen LogP) is 3.43. The largest absolute Gasteiger partial charge is 0.457 e. The van der Waals surface area contributed by atoms with Crippen LogP contribution in [0.5, 0.6) is 11.5 Å². The van der Waals surface area contributed by atoms with Gasteiger partial charge in [0.1, 0.15) is 11.5 Å². The molecule has 0 saturated carbocycles. The van der Waals surface area contributed by atoms with Crippen LogP contribution in [0.15, 0.2) is 42.5 Å². The summed E-state index contributed by atoms with van der Waals surface area (Å²) in [6.45, 7) is 3.34. The van der Waals surface area contributed by atoms with E-state index < -0.39 is 0 Å². The third-order valence-corrected chi connectivity index (χ3v) is 3.17. The maximum Gasteiger partial charge on any atom is 0.127 e. The molecule has 0 aliphatic carbocycles. The molecule has 0 saturated heterocycles. The van der Waals surface area contributed by atoms with Gasteiger partial charge >= 0.3 is 0 Å². The van der Waals surface area contributed by atoms with Crippen LogP contribution in [0, 0.1) is 6.92 Å². The first kappa shape index (κ1) is 14.6. The highest BCUT2D eigenvalue weighted by atomic mass is 16.5. The van der Waals surface area contributed by atoms with E-state index in [2.05, 4.69) is 13.0 Å². The summed E-state index contributed by atoms with van der Waals surface area (Å²) in [6.07, 6.45) is 0.898. The number of nitrogens with two attached hydrogens (primary N) is 1. The first-order valence-electron chi connectivity index (χ1n) is 6.78. The van der Waals surface area contributed by atoms with Gasteiger partial charge in [0.25, 0.3) is 0 Å². The fourth-order valence-electron chi connectivity index (χ4n) is 2.17. The summed E-state index contributed by atoms with van der Waals surface area (Å²) in [7, 11) is 1.69. The van der Waals surface area contributed by atoms with Gasteiger partial charge in [-0.2, -0.15) is 0 Å². The van der Waals surface area contributed by atoms with Gasteiger partial charge in [-0.15, -0.1) is 0 Å². The molecule has 0 bridgehead atoms. The molecule has 0 atom stereocenters.